The molecule has 0 aliphatic carbocycles. The first-order valence-corrected chi connectivity index (χ1v) is 6.15. The predicted molar refractivity (Wildman–Crippen MR) is 74.6 cm³/mol. The molecule has 17 heavy (non-hydrogen) atoms. The van der Waals surface area contributed by atoms with Crippen molar-refractivity contribution in [3.8, 4) is 0 Å². The summed E-state index contributed by atoms with van der Waals surface area (Å²) in [6, 6.07) is 6.12. The van der Waals surface area contributed by atoms with Crippen molar-refractivity contribution < 1.29 is 0 Å². The fraction of sp³-hybridized carbons (Fsp3) is 0.154. The number of allylic oxidation sites excluding steroid dienone is 1. The molecule has 1 N–H and O–H groups in total. The Balaban J connectivity index is 2.22. The number of imidazole rings is 1. The Labute approximate surface area is 109 Å². The van der Waals surface area contributed by atoms with Gasteiger partial charge >= 0.3 is 0 Å². The Morgan fingerprint density at radius 2 is 2.35 bits per heavy atom. The van der Waals surface area contributed by atoms with Crippen LogP contribution in [-0.4, -0.2) is 9.55 Å². The molecule has 0 amide bonds. The maximum atomic E-state index is 4.27. The summed E-state index contributed by atoms with van der Waals surface area (Å²) >= 11 is 3.48. The van der Waals surface area contributed by atoms with E-state index in [9.17, 15) is 0 Å². The highest BCUT2D eigenvalue weighted by molar-refractivity contribution is 9.10. The highest BCUT2D eigenvalue weighted by Crippen LogP contribution is 2.22. The van der Waals surface area contributed by atoms with Crippen molar-refractivity contribution in [1.82, 2.24) is 9.55 Å². The second kappa shape index (κ2) is 5.19. The zero-order chi connectivity index (χ0) is 12.3. The number of nitrogens with zero attached hydrogens (tertiary/aromatic N) is 2. The van der Waals surface area contributed by atoms with Gasteiger partial charge in [0.2, 0.25) is 5.95 Å². The van der Waals surface area contributed by atoms with Gasteiger partial charge in [0.05, 0.1) is 0 Å². The lowest BCUT2D eigenvalue weighted by Crippen LogP contribution is -2.01. The number of rotatable bonds is 4. The van der Waals surface area contributed by atoms with Gasteiger partial charge in [0.25, 0.3) is 0 Å². The van der Waals surface area contributed by atoms with E-state index in [1.165, 1.54) is 5.56 Å². The summed E-state index contributed by atoms with van der Waals surface area (Å²) in [6.07, 6.45) is 5.55. The molecular formula is C13H14BrN3. The Morgan fingerprint density at radius 3 is 3.06 bits per heavy atom. The lowest BCUT2D eigenvalue weighted by Gasteiger charge is -2.09. The minimum Gasteiger partial charge on any atom is -0.326 e. The quantitative estimate of drug-likeness (QED) is 0.867. The van der Waals surface area contributed by atoms with Gasteiger partial charge in [0.15, 0.2) is 0 Å². The molecule has 0 aliphatic heterocycles. The van der Waals surface area contributed by atoms with E-state index in [-0.39, 0.29) is 0 Å². The Hall–Kier alpha value is -1.55. The van der Waals surface area contributed by atoms with Crippen LogP contribution in [0.15, 0.2) is 47.7 Å². The zero-order valence-corrected chi connectivity index (χ0v) is 11.2. The van der Waals surface area contributed by atoms with Gasteiger partial charge in [0.1, 0.15) is 0 Å². The molecular weight excluding hydrogens is 278 g/mol. The number of hydrogen-bond acceptors (Lipinski definition) is 2. The van der Waals surface area contributed by atoms with Crippen LogP contribution >= 0.6 is 15.9 Å². The lowest BCUT2D eigenvalue weighted by molar-refractivity contribution is 0.833. The average Bonchev–Trinajstić information content (AvgIpc) is 2.72. The highest BCUT2D eigenvalue weighted by Gasteiger charge is 2.02. The number of hydrogen-bond donors (Lipinski definition) is 1. The minimum atomic E-state index is 0.748. The van der Waals surface area contributed by atoms with Gasteiger partial charge in [0, 0.05) is 29.1 Å². The Bertz CT molecular complexity index is 531. The number of aromatic nitrogens is 2. The molecule has 3 nitrogen and oxygen atoms in total. The summed E-state index contributed by atoms with van der Waals surface area (Å²) in [5.74, 6) is 0.826. The third-order valence-electron chi connectivity index (χ3n) is 2.46. The van der Waals surface area contributed by atoms with Crippen LogP contribution in [0, 0.1) is 6.92 Å². The number of nitrogens with one attached hydrogen (secondary N) is 1. The second-order valence-corrected chi connectivity index (χ2v) is 4.64. The molecule has 1 heterocycles. The number of aryl methyl sites for hydroxylation is 1. The molecule has 0 unspecified atom stereocenters. The van der Waals surface area contributed by atoms with E-state index in [2.05, 4.69) is 45.8 Å². The zero-order valence-electron chi connectivity index (χ0n) is 9.65. The van der Waals surface area contributed by atoms with Crippen molar-refractivity contribution in [3.63, 3.8) is 0 Å². The summed E-state index contributed by atoms with van der Waals surface area (Å²) in [5, 5.41) is 3.29. The third-order valence-corrected chi connectivity index (χ3v) is 3.35. The van der Waals surface area contributed by atoms with E-state index in [0.29, 0.717) is 0 Å². The van der Waals surface area contributed by atoms with E-state index in [1.54, 1.807) is 6.20 Å². The van der Waals surface area contributed by atoms with E-state index in [1.807, 2.05) is 29.0 Å². The standard InChI is InChI=1S/C13H14BrN3/c1-3-7-17-8-6-15-13(17)16-11-4-5-12(14)10(2)9-11/h3-6,8-9H,1,7H2,2H3,(H,15,16). The van der Waals surface area contributed by atoms with E-state index in [0.717, 1.165) is 22.7 Å². The molecule has 0 saturated heterocycles. The van der Waals surface area contributed by atoms with E-state index < -0.39 is 0 Å². The smallest absolute Gasteiger partial charge is 0.207 e. The molecule has 4 heteroatoms. The van der Waals surface area contributed by atoms with Crippen LogP contribution in [0.4, 0.5) is 11.6 Å². The second-order valence-electron chi connectivity index (χ2n) is 3.78. The third kappa shape index (κ3) is 2.77. The molecule has 2 aromatic rings. The molecule has 0 saturated carbocycles. The molecule has 0 fully saturated rings. The fourth-order valence-electron chi connectivity index (χ4n) is 1.57. The molecule has 88 valence electrons. The van der Waals surface area contributed by atoms with Crippen molar-refractivity contribution in [2.45, 2.75) is 13.5 Å². The van der Waals surface area contributed by atoms with E-state index >= 15 is 0 Å². The van der Waals surface area contributed by atoms with Gasteiger partial charge in [-0.25, -0.2) is 4.98 Å². The van der Waals surface area contributed by atoms with Crippen LogP contribution < -0.4 is 5.32 Å². The van der Waals surface area contributed by atoms with Gasteiger partial charge in [-0.15, -0.1) is 6.58 Å². The minimum absolute atomic E-state index is 0.748. The van der Waals surface area contributed by atoms with Crippen LogP contribution in [-0.2, 0) is 6.54 Å². The SMILES string of the molecule is C=CCn1ccnc1Nc1ccc(Br)c(C)c1. The molecule has 0 aliphatic rings. The van der Waals surface area contributed by atoms with Crippen molar-refractivity contribution in [2.75, 3.05) is 5.32 Å². The fourth-order valence-corrected chi connectivity index (χ4v) is 1.82. The molecule has 1 aromatic heterocycles. The lowest BCUT2D eigenvalue weighted by atomic mass is 10.2. The van der Waals surface area contributed by atoms with Gasteiger partial charge < -0.3 is 9.88 Å². The number of benzene rings is 1. The Kier molecular flexibility index (Phi) is 3.64. The molecule has 0 bridgehead atoms. The van der Waals surface area contributed by atoms with E-state index in [4.69, 9.17) is 0 Å². The normalized spacial score (nSPS) is 10.2. The first-order chi connectivity index (χ1) is 8.20. The number of halogens is 1. The predicted octanol–water partition coefficient (Wildman–Crippen LogP) is 3.88. The summed E-state index contributed by atoms with van der Waals surface area (Å²) in [6.45, 7) is 6.54. The van der Waals surface area contributed by atoms with Crippen molar-refractivity contribution in [1.29, 1.82) is 0 Å². The highest BCUT2D eigenvalue weighted by atomic mass is 79.9. The van der Waals surface area contributed by atoms with Crippen molar-refractivity contribution in [2.24, 2.45) is 0 Å². The summed E-state index contributed by atoms with van der Waals surface area (Å²) < 4.78 is 3.11. The molecule has 0 spiro atoms. The maximum absolute atomic E-state index is 4.27. The summed E-state index contributed by atoms with van der Waals surface area (Å²) in [4.78, 5) is 4.27. The average molecular weight is 292 g/mol. The van der Waals surface area contributed by atoms with Crippen LogP contribution in [0.5, 0.6) is 0 Å². The first-order valence-electron chi connectivity index (χ1n) is 5.36. The summed E-state index contributed by atoms with van der Waals surface area (Å²) in [5.41, 5.74) is 2.22. The van der Waals surface area contributed by atoms with Gasteiger partial charge in [-0.2, -0.15) is 0 Å². The molecule has 1 aromatic carbocycles. The van der Waals surface area contributed by atoms with Crippen molar-refractivity contribution in [3.05, 3.63) is 53.3 Å². The topological polar surface area (TPSA) is 29.9 Å². The molecule has 0 radical (unpaired) electrons. The van der Waals surface area contributed by atoms with Crippen LogP contribution in [0.25, 0.3) is 0 Å². The van der Waals surface area contributed by atoms with Crippen LogP contribution in [0.1, 0.15) is 5.56 Å². The maximum Gasteiger partial charge on any atom is 0.207 e. The Morgan fingerprint density at radius 1 is 1.53 bits per heavy atom. The van der Waals surface area contributed by atoms with Crippen LogP contribution in [0.3, 0.4) is 0 Å². The number of anilines is 2. The van der Waals surface area contributed by atoms with Gasteiger partial charge in [-0.3, -0.25) is 0 Å². The van der Waals surface area contributed by atoms with Crippen LogP contribution in [0.2, 0.25) is 0 Å². The van der Waals surface area contributed by atoms with Crippen molar-refractivity contribution >= 4 is 27.6 Å². The van der Waals surface area contributed by atoms with Gasteiger partial charge in [-0.1, -0.05) is 22.0 Å². The van der Waals surface area contributed by atoms with Gasteiger partial charge in [-0.05, 0) is 30.7 Å². The largest absolute Gasteiger partial charge is 0.326 e. The summed E-state index contributed by atoms with van der Waals surface area (Å²) in [7, 11) is 0. The first kappa shape index (κ1) is 11.9. The monoisotopic (exact) mass is 291 g/mol. The molecule has 2 rings (SSSR count). The molecule has 0 atom stereocenters.